The Hall–Kier alpha value is -1.13. The molecule has 1 aromatic rings. The topological polar surface area (TPSA) is 68.0 Å². The number of aromatic nitrogens is 1. The van der Waals surface area contributed by atoms with Crippen LogP contribution in [0.3, 0.4) is 0 Å². The number of rotatable bonds is 3. The van der Waals surface area contributed by atoms with Gasteiger partial charge in [-0.3, -0.25) is 4.79 Å². The number of nitrogens with zero attached hydrogens (tertiary/aromatic N) is 1. The first-order chi connectivity index (χ1) is 6.63. The van der Waals surface area contributed by atoms with Gasteiger partial charge >= 0.3 is 0 Å². The van der Waals surface area contributed by atoms with E-state index in [4.69, 9.17) is 17.3 Å². The molecule has 1 unspecified atom stereocenters. The third kappa shape index (κ3) is 2.97. The van der Waals surface area contributed by atoms with Gasteiger partial charge in [0.2, 0.25) is 5.91 Å². The van der Waals surface area contributed by atoms with Crippen LogP contribution in [0.25, 0.3) is 0 Å². The maximum absolute atomic E-state index is 11.4. The summed E-state index contributed by atoms with van der Waals surface area (Å²) in [7, 11) is 0. The predicted molar refractivity (Wildman–Crippen MR) is 56.1 cm³/mol. The lowest BCUT2D eigenvalue weighted by Crippen LogP contribution is -2.34. The minimum absolute atomic E-state index is 0.213. The van der Waals surface area contributed by atoms with Crippen molar-refractivity contribution in [1.82, 2.24) is 4.98 Å². The zero-order chi connectivity index (χ0) is 10.6. The maximum Gasteiger partial charge on any atom is 0.241 e. The molecule has 76 valence electrons. The van der Waals surface area contributed by atoms with Crippen LogP contribution in [0.1, 0.15) is 13.3 Å². The normalized spacial score (nSPS) is 12.2. The van der Waals surface area contributed by atoms with Crippen molar-refractivity contribution in [1.29, 1.82) is 0 Å². The van der Waals surface area contributed by atoms with Gasteiger partial charge in [-0.1, -0.05) is 18.5 Å². The second-order valence-electron chi connectivity index (χ2n) is 2.87. The Kier molecular flexibility index (Phi) is 3.85. The SMILES string of the molecule is CCC(N)C(=O)Nc1ccnc(Cl)c1. The highest BCUT2D eigenvalue weighted by Crippen LogP contribution is 2.11. The van der Waals surface area contributed by atoms with Gasteiger partial charge in [-0.25, -0.2) is 4.98 Å². The van der Waals surface area contributed by atoms with E-state index in [9.17, 15) is 4.79 Å². The molecule has 1 amide bonds. The minimum Gasteiger partial charge on any atom is -0.325 e. The molecular weight excluding hydrogens is 202 g/mol. The lowest BCUT2D eigenvalue weighted by atomic mass is 10.2. The van der Waals surface area contributed by atoms with Gasteiger partial charge < -0.3 is 11.1 Å². The van der Waals surface area contributed by atoms with E-state index in [1.54, 1.807) is 12.1 Å². The van der Waals surface area contributed by atoms with Gasteiger partial charge in [0.1, 0.15) is 5.15 Å². The monoisotopic (exact) mass is 213 g/mol. The minimum atomic E-state index is -0.484. The molecule has 1 atom stereocenters. The third-order valence-electron chi connectivity index (χ3n) is 1.77. The number of nitrogens with one attached hydrogen (secondary N) is 1. The summed E-state index contributed by atoms with van der Waals surface area (Å²) in [5, 5.41) is 2.99. The van der Waals surface area contributed by atoms with Crippen molar-refractivity contribution in [3.8, 4) is 0 Å². The van der Waals surface area contributed by atoms with Crippen LogP contribution in [-0.2, 0) is 4.79 Å². The van der Waals surface area contributed by atoms with Gasteiger partial charge in [-0.15, -0.1) is 0 Å². The van der Waals surface area contributed by atoms with Crippen LogP contribution in [0.2, 0.25) is 5.15 Å². The fourth-order valence-corrected chi connectivity index (χ4v) is 1.07. The molecule has 3 N–H and O–H groups in total. The molecule has 0 saturated carbocycles. The van der Waals surface area contributed by atoms with Gasteiger partial charge in [0.05, 0.1) is 6.04 Å². The summed E-state index contributed by atoms with van der Waals surface area (Å²) in [6, 6.07) is 2.75. The Balaban J connectivity index is 2.65. The summed E-state index contributed by atoms with van der Waals surface area (Å²) in [5.41, 5.74) is 6.15. The molecule has 0 aliphatic carbocycles. The first-order valence-corrected chi connectivity index (χ1v) is 4.69. The quantitative estimate of drug-likeness (QED) is 0.746. The van der Waals surface area contributed by atoms with Crippen molar-refractivity contribution in [2.45, 2.75) is 19.4 Å². The van der Waals surface area contributed by atoms with Gasteiger partial charge in [0.15, 0.2) is 0 Å². The largest absolute Gasteiger partial charge is 0.325 e. The molecule has 1 rings (SSSR count). The van der Waals surface area contributed by atoms with Crippen LogP contribution in [0.5, 0.6) is 0 Å². The highest BCUT2D eigenvalue weighted by Gasteiger charge is 2.10. The number of hydrogen-bond acceptors (Lipinski definition) is 3. The van der Waals surface area contributed by atoms with Crippen molar-refractivity contribution >= 4 is 23.2 Å². The van der Waals surface area contributed by atoms with Gasteiger partial charge in [0.25, 0.3) is 0 Å². The standard InChI is InChI=1S/C9H12ClN3O/c1-2-7(11)9(14)13-6-3-4-12-8(10)5-6/h3-5,7H,2,11H2,1H3,(H,12,13,14). The average molecular weight is 214 g/mol. The van der Waals surface area contributed by atoms with Gasteiger partial charge in [-0.05, 0) is 18.6 Å². The van der Waals surface area contributed by atoms with E-state index in [1.807, 2.05) is 6.92 Å². The molecule has 0 fully saturated rings. The van der Waals surface area contributed by atoms with E-state index < -0.39 is 6.04 Å². The second-order valence-corrected chi connectivity index (χ2v) is 3.26. The zero-order valence-electron chi connectivity index (χ0n) is 7.83. The Morgan fingerprint density at radius 1 is 1.79 bits per heavy atom. The van der Waals surface area contributed by atoms with Crippen molar-refractivity contribution in [3.05, 3.63) is 23.5 Å². The van der Waals surface area contributed by atoms with E-state index in [2.05, 4.69) is 10.3 Å². The number of amides is 1. The molecule has 0 aliphatic rings. The van der Waals surface area contributed by atoms with E-state index >= 15 is 0 Å². The third-order valence-corrected chi connectivity index (χ3v) is 1.98. The van der Waals surface area contributed by atoms with Gasteiger partial charge in [-0.2, -0.15) is 0 Å². The first kappa shape index (κ1) is 10.9. The summed E-state index contributed by atoms with van der Waals surface area (Å²) < 4.78 is 0. The average Bonchev–Trinajstić information content (AvgIpc) is 2.16. The molecule has 5 heteroatoms. The van der Waals surface area contributed by atoms with Crippen molar-refractivity contribution in [3.63, 3.8) is 0 Å². The number of pyridine rings is 1. The Labute approximate surface area is 87.5 Å². The zero-order valence-corrected chi connectivity index (χ0v) is 8.58. The number of nitrogens with two attached hydrogens (primary N) is 1. The summed E-state index contributed by atoms with van der Waals surface area (Å²) in [4.78, 5) is 15.2. The van der Waals surface area contributed by atoms with Crippen molar-refractivity contribution in [2.24, 2.45) is 5.73 Å². The van der Waals surface area contributed by atoms with E-state index in [0.717, 1.165) is 0 Å². The number of hydrogen-bond donors (Lipinski definition) is 2. The Morgan fingerprint density at radius 2 is 2.50 bits per heavy atom. The fraction of sp³-hybridized carbons (Fsp3) is 0.333. The molecule has 14 heavy (non-hydrogen) atoms. The van der Waals surface area contributed by atoms with Crippen LogP contribution in [0.4, 0.5) is 5.69 Å². The fourth-order valence-electron chi connectivity index (χ4n) is 0.901. The van der Waals surface area contributed by atoms with Crippen LogP contribution >= 0.6 is 11.6 Å². The summed E-state index contributed by atoms with van der Waals surface area (Å²) in [6.07, 6.45) is 2.13. The summed E-state index contributed by atoms with van der Waals surface area (Å²) in [6.45, 7) is 1.85. The molecule has 0 aromatic carbocycles. The van der Waals surface area contributed by atoms with Crippen molar-refractivity contribution < 1.29 is 4.79 Å². The van der Waals surface area contributed by atoms with Crippen LogP contribution < -0.4 is 11.1 Å². The van der Waals surface area contributed by atoms with E-state index in [1.165, 1.54) is 6.20 Å². The lowest BCUT2D eigenvalue weighted by Gasteiger charge is -2.09. The van der Waals surface area contributed by atoms with Crippen LogP contribution in [-0.4, -0.2) is 16.9 Å². The predicted octanol–water partition coefficient (Wildman–Crippen LogP) is 1.41. The number of anilines is 1. The highest BCUT2D eigenvalue weighted by atomic mass is 35.5. The molecule has 1 aromatic heterocycles. The van der Waals surface area contributed by atoms with Crippen molar-refractivity contribution in [2.75, 3.05) is 5.32 Å². The number of carbonyl (C=O) groups excluding carboxylic acids is 1. The molecule has 1 heterocycles. The number of carbonyl (C=O) groups is 1. The Morgan fingerprint density at radius 3 is 3.07 bits per heavy atom. The summed E-state index contributed by atoms with van der Waals surface area (Å²) >= 11 is 5.65. The molecule has 4 nitrogen and oxygen atoms in total. The molecule has 0 saturated heterocycles. The number of halogens is 1. The molecule has 0 bridgehead atoms. The van der Waals surface area contributed by atoms with E-state index in [0.29, 0.717) is 17.3 Å². The van der Waals surface area contributed by atoms with Crippen LogP contribution in [0.15, 0.2) is 18.3 Å². The smallest absolute Gasteiger partial charge is 0.241 e. The first-order valence-electron chi connectivity index (χ1n) is 4.31. The lowest BCUT2D eigenvalue weighted by molar-refractivity contribution is -0.117. The molecule has 0 aliphatic heterocycles. The Bertz CT molecular complexity index is 330. The maximum atomic E-state index is 11.4. The molecular formula is C9H12ClN3O. The molecule has 0 spiro atoms. The van der Waals surface area contributed by atoms with Gasteiger partial charge in [0, 0.05) is 11.9 Å². The highest BCUT2D eigenvalue weighted by molar-refractivity contribution is 6.29. The van der Waals surface area contributed by atoms with E-state index in [-0.39, 0.29) is 5.91 Å². The molecule has 0 radical (unpaired) electrons. The second kappa shape index (κ2) is 4.93. The van der Waals surface area contributed by atoms with Crippen LogP contribution in [0, 0.1) is 0 Å². The summed E-state index contributed by atoms with van der Waals surface area (Å²) in [5.74, 6) is -0.213.